The van der Waals surface area contributed by atoms with Gasteiger partial charge in [-0.2, -0.15) is 0 Å². The zero-order valence-corrected chi connectivity index (χ0v) is 9.97. The van der Waals surface area contributed by atoms with E-state index in [2.05, 4.69) is 15.9 Å². The minimum absolute atomic E-state index is 0.0399. The van der Waals surface area contributed by atoms with Gasteiger partial charge in [0.15, 0.2) is 0 Å². The molecule has 2 aromatic carbocycles. The molecular formula is C11H6BrNO4. The normalized spacial score (nSPS) is 10.4. The van der Waals surface area contributed by atoms with Gasteiger partial charge in [-0.25, -0.2) is 4.79 Å². The highest BCUT2D eigenvalue weighted by Gasteiger charge is 2.18. The van der Waals surface area contributed by atoms with E-state index < -0.39 is 10.9 Å². The molecule has 0 aliphatic rings. The molecule has 1 N–H and O–H groups in total. The number of carboxylic acids is 1. The molecule has 2 rings (SSSR count). The average Bonchev–Trinajstić information content (AvgIpc) is 2.27. The number of hydrogen-bond donors (Lipinski definition) is 1. The zero-order chi connectivity index (χ0) is 12.6. The first kappa shape index (κ1) is 11.5. The van der Waals surface area contributed by atoms with Crippen molar-refractivity contribution in [1.82, 2.24) is 0 Å². The summed E-state index contributed by atoms with van der Waals surface area (Å²) in [6.45, 7) is 0. The van der Waals surface area contributed by atoms with Crippen LogP contribution < -0.4 is 0 Å². The predicted octanol–water partition coefficient (Wildman–Crippen LogP) is 3.21. The lowest BCUT2D eigenvalue weighted by Crippen LogP contribution is -2.00. The summed E-state index contributed by atoms with van der Waals surface area (Å²) < 4.78 is 0.524. The first-order valence-electron chi connectivity index (χ1n) is 4.61. The average molecular weight is 296 g/mol. The second-order valence-corrected chi connectivity index (χ2v) is 4.21. The maximum atomic E-state index is 11.1. The highest BCUT2D eigenvalue weighted by Crippen LogP contribution is 2.33. The van der Waals surface area contributed by atoms with Gasteiger partial charge in [0.1, 0.15) is 0 Å². The molecule has 0 amide bonds. The summed E-state index contributed by atoms with van der Waals surface area (Å²) in [5.41, 5.74) is -0.0654. The van der Waals surface area contributed by atoms with Gasteiger partial charge in [0, 0.05) is 15.9 Å². The molecule has 0 aliphatic heterocycles. The van der Waals surface area contributed by atoms with E-state index in [4.69, 9.17) is 5.11 Å². The molecule has 5 nitrogen and oxygen atoms in total. The first-order valence-corrected chi connectivity index (χ1v) is 5.40. The smallest absolute Gasteiger partial charge is 0.336 e. The number of carboxylic acid groups (broad SMARTS) is 1. The van der Waals surface area contributed by atoms with Gasteiger partial charge in [-0.05, 0) is 18.2 Å². The van der Waals surface area contributed by atoms with Crippen molar-refractivity contribution in [2.24, 2.45) is 0 Å². The number of rotatable bonds is 2. The molecule has 0 bridgehead atoms. The van der Waals surface area contributed by atoms with E-state index in [0.29, 0.717) is 15.2 Å². The minimum Gasteiger partial charge on any atom is -0.478 e. The van der Waals surface area contributed by atoms with Gasteiger partial charge in [-0.1, -0.05) is 22.0 Å². The summed E-state index contributed by atoms with van der Waals surface area (Å²) in [6, 6.07) is 7.26. The largest absolute Gasteiger partial charge is 0.478 e. The van der Waals surface area contributed by atoms with Gasteiger partial charge in [-0.3, -0.25) is 10.1 Å². The Morgan fingerprint density at radius 2 is 2.00 bits per heavy atom. The minimum atomic E-state index is -1.11. The quantitative estimate of drug-likeness (QED) is 0.681. The van der Waals surface area contributed by atoms with Gasteiger partial charge < -0.3 is 5.11 Å². The van der Waals surface area contributed by atoms with Crippen molar-refractivity contribution >= 4 is 38.4 Å². The maximum Gasteiger partial charge on any atom is 0.336 e. The Kier molecular flexibility index (Phi) is 2.81. The molecule has 0 saturated heterocycles. The van der Waals surface area contributed by atoms with Crippen LogP contribution in [-0.4, -0.2) is 16.0 Å². The lowest BCUT2D eigenvalue weighted by molar-refractivity contribution is -0.383. The van der Waals surface area contributed by atoms with Gasteiger partial charge in [0.2, 0.25) is 0 Å². The number of nitro benzene ring substituents is 1. The second kappa shape index (κ2) is 4.14. The van der Waals surface area contributed by atoms with Crippen molar-refractivity contribution in [3.63, 3.8) is 0 Å². The van der Waals surface area contributed by atoms with Crippen LogP contribution in [0.4, 0.5) is 5.69 Å². The van der Waals surface area contributed by atoms with Gasteiger partial charge in [-0.15, -0.1) is 0 Å². The monoisotopic (exact) mass is 295 g/mol. The van der Waals surface area contributed by atoms with Crippen LogP contribution in [0.15, 0.2) is 34.8 Å². The predicted molar refractivity (Wildman–Crippen MR) is 65.3 cm³/mol. The molecule has 0 fully saturated rings. The Morgan fingerprint density at radius 1 is 1.29 bits per heavy atom. The third-order valence-corrected chi connectivity index (χ3v) is 3.05. The summed E-state index contributed by atoms with van der Waals surface area (Å²) >= 11 is 3.21. The Balaban J connectivity index is 2.96. The standard InChI is InChI=1S/C11H6BrNO4/c12-8-3-1-2-6-9(13(16)17)5-4-7(10(6)8)11(14)15/h1-5H,(H,14,15). The van der Waals surface area contributed by atoms with E-state index in [-0.39, 0.29) is 11.3 Å². The Labute approximate surface area is 104 Å². The number of halogens is 1. The topological polar surface area (TPSA) is 80.4 Å². The van der Waals surface area contributed by atoms with Crippen LogP contribution in [0.2, 0.25) is 0 Å². The van der Waals surface area contributed by atoms with Crippen molar-refractivity contribution in [2.45, 2.75) is 0 Å². The fourth-order valence-electron chi connectivity index (χ4n) is 1.68. The third kappa shape index (κ3) is 1.87. The van der Waals surface area contributed by atoms with E-state index in [1.165, 1.54) is 18.2 Å². The maximum absolute atomic E-state index is 11.1. The summed E-state index contributed by atoms with van der Waals surface area (Å²) in [6.07, 6.45) is 0. The molecule has 17 heavy (non-hydrogen) atoms. The first-order chi connectivity index (χ1) is 8.02. The van der Waals surface area contributed by atoms with Crippen LogP contribution in [0.3, 0.4) is 0 Å². The lowest BCUT2D eigenvalue weighted by atomic mass is 10.0. The molecule has 0 aliphatic carbocycles. The van der Waals surface area contributed by atoms with Gasteiger partial charge in [0.25, 0.3) is 5.69 Å². The number of aromatic carboxylic acids is 1. The molecule has 0 unspecified atom stereocenters. The SMILES string of the molecule is O=C(O)c1ccc([N+](=O)[O-])c2cccc(Br)c12. The van der Waals surface area contributed by atoms with Crippen molar-refractivity contribution in [2.75, 3.05) is 0 Å². The number of hydrogen-bond acceptors (Lipinski definition) is 3. The van der Waals surface area contributed by atoms with E-state index in [1.54, 1.807) is 12.1 Å². The number of non-ortho nitro benzene ring substituents is 1. The van der Waals surface area contributed by atoms with Crippen LogP contribution >= 0.6 is 15.9 Å². The number of nitro groups is 1. The number of nitrogens with zero attached hydrogens (tertiary/aromatic N) is 1. The van der Waals surface area contributed by atoms with Crippen molar-refractivity contribution < 1.29 is 14.8 Å². The van der Waals surface area contributed by atoms with Gasteiger partial charge in [0.05, 0.1) is 15.9 Å². The molecule has 0 heterocycles. The molecule has 6 heteroatoms. The highest BCUT2D eigenvalue weighted by molar-refractivity contribution is 9.10. The summed E-state index contributed by atoms with van der Waals surface area (Å²) in [5, 5.41) is 20.5. The van der Waals surface area contributed by atoms with Crippen LogP contribution in [0.5, 0.6) is 0 Å². The van der Waals surface area contributed by atoms with E-state index in [0.717, 1.165) is 0 Å². The summed E-state index contributed by atoms with van der Waals surface area (Å²) in [4.78, 5) is 21.4. The second-order valence-electron chi connectivity index (χ2n) is 3.36. The Morgan fingerprint density at radius 3 is 2.59 bits per heavy atom. The Hall–Kier alpha value is -1.95. The molecule has 2 aromatic rings. The summed E-state index contributed by atoms with van der Waals surface area (Å²) in [5.74, 6) is -1.11. The fourth-order valence-corrected chi connectivity index (χ4v) is 2.26. The molecule has 0 radical (unpaired) electrons. The van der Waals surface area contributed by atoms with Crippen LogP contribution in [0.1, 0.15) is 10.4 Å². The van der Waals surface area contributed by atoms with Crippen molar-refractivity contribution in [3.05, 3.63) is 50.5 Å². The molecular weight excluding hydrogens is 290 g/mol. The Bertz CT molecular complexity index is 639. The van der Waals surface area contributed by atoms with Crippen LogP contribution in [0.25, 0.3) is 10.8 Å². The van der Waals surface area contributed by atoms with Crippen LogP contribution in [0, 0.1) is 10.1 Å². The molecule has 0 aromatic heterocycles. The zero-order valence-electron chi connectivity index (χ0n) is 8.38. The van der Waals surface area contributed by atoms with Crippen LogP contribution in [-0.2, 0) is 0 Å². The third-order valence-electron chi connectivity index (χ3n) is 2.39. The number of fused-ring (bicyclic) bond motifs is 1. The van der Waals surface area contributed by atoms with E-state index in [1.807, 2.05) is 0 Å². The van der Waals surface area contributed by atoms with Gasteiger partial charge >= 0.3 is 5.97 Å². The van der Waals surface area contributed by atoms with E-state index >= 15 is 0 Å². The molecule has 0 spiro atoms. The molecule has 86 valence electrons. The fraction of sp³-hybridized carbons (Fsp3) is 0. The number of carbonyl (C=O) groups is 1. The van der Waals surface area contributed by atoms with E-state index in [9.17, 15) is 14.9 Å². The highest BCUT2D eigenvalue weighted by atomic mass is 79.9. The molecule has 0 saturated carbocycles. The lowest BCUT2D eigenvalue weighted by Gasteiger charge is -2.05. The summed E-state index contributed by atoms with van der Waals surface area (Å²) in [7, 11) is 0. The van der Waals surface area contributed by atoms with Crippen molar-refractivity contribution in [1.29, 1.82) is 0 Å². The van der Waals surface area contributed by atoms with Crippen molar-refractivity contribution in [3.8, 4) is 0 Å². The molecule has 0 atom stereocenters. The number of benzene rings is 2.